The molecule has 0 bridgehead atoms. The van der Waals surface area contributed by atoms with Crippen molar-refractivity contribution >= 4 is 45.4 Å². The Balaban J connectivity index is 2.78. The second-order valence-electron chi connectivity index (χ2n) is 6.84. The second kappa shape index (κ2) is 12.5. The van der Waals surface area contributed by atoms with Crippen molar-refractivity contribution in [2.75, 3.05) is 44.6 Å². The van der Waals surface area contributed by atoms with E-state index >= 15 is 0 Å². The number of hydrogen-bond donors (Lipinski definition) is 5. The van der Waals surface area contributed by atoms with Gasteiger partial charge < -0.3 is 20.6 Å². The first-order valence-corrected chi connectivity index (χ1v) is 10.8. The lowest BCUT2D eigenvalue weighted by atomic mass is 10.3. The Hall–Kier alpha value is -3.56. The Morgan fingerprint density at radius 1 is 0.788 bits per heavy atom. The van der Waals surface area contributed by atoms with E-state index in [0.717, 1.165) is 24.0 Å². The van der Waals surface area contributed by atoms with Crippen molar-refractivity contribution in [1.29, 1.82) is 0 Å². The van der Waals surface area contributed by atoms with Crippen LogP contribution >= 0.6 is 0 Å². The molecule has 5 N–H and O–H groups in total. The Morgan fingerprint density at radius 2 is 1.21 bits per heavy atom. The van der Waals surface area contributed by atoms with E-state index in [1.807, 2.05) is 0 Å². The molecule has 0 aromatic heterocycles. The highest BCUT2D eigenvalue weighted by molar-refractivity contribution is 7.90. The maximum atomic E-state index is 12.3. The lowest BCUT2D eigenvalue weighted by Crippen LogP contribution is -2.44. The smallest absolute Gasteiger partial charge is 0.317 e. The van der Waals surface area contributed by atoms with Gasteiger partial charge in [0.05, 0.1) is 31.1 Å². The van der Waals surface area contributed by atoms with Gasteiger partial charge in [-0.15, -0.1) is 0 Å². The quantitative estimate of drug-likeness (QED) is 0.198. The molecule has 33 heavy (non-hydrogen) atoms. The van der Waals surface area contributed by atoms with Crippen molar-refractivity contribution in [3.63, 3.8) is 0 Å². The monoisotopic (exact) mass is 488 g/mol. The number of carbonyl (C=O) groups is 5. The molecule has 0 saturated heterocycles. The Kier molecular flexibility index (Phi) is 10.4. The van der Waals surface area contributed by atoms with E-state index in [1.165, 1.54) is 17.0 Å². The fourth-order valence-corrected chi connectivity index (χ4v) is 3.64. The summed E-state index contributed by atoms with van der Waals surface area (Å²) in [6.45, 7) is -1.30. The zero-order chi connectivity index (χ0) is 25.2. The molecule has 15 heteroatoms. The first-order valence-electron chi connectivity index (χ1n) is 9.32. The maximum Gasteiger partial charge on any atom is 0.317 e. The number of anilines is 1. The molecule has 0 radical (unpaired) electrons. The predicted octanol–water partition coefficient (Wildman–Crippen LogP) is -1.69. The Morgan fingerprint density at radius 3 is 1.61 bits per heavy atom. The van der Waals surface area contributed by atoms with Gasteiger partial charge >= 0.3 is 17.9 Å². The van der Waals surface area contributed by atoms with Crippen molar-refractivity contribution in [3.8, 4) is 0 Å². The molecule has 0 fully saturated rings. The van der Waals surface area contributed by atoms with Crippen LogP contribution < -0.4 is 10.0 Å². The SMILES string of the molecule is CC(=O)NS(=O)(=O)c1ccc(NC(=O)CN(CCN(CC(=O)O)CC(=O)O)CC(=O)O)cc1. The van der Waals surface area contributed by atoms with Gasteiger partial charge in [-0.2, -0.15) is 0 Å². The number of carbonyl (C=O) groups excluding carboxylic acids is 2. The normalized spacial score (nSPS) is 11.2. The Bertz CT molecular complexity index is 978. The highest BCUT2D eigenvalue weighted by Gasteiger charge is 2.19. The molecule has 0 aliphatic rings. The van der Waals surface area contributed by atoms with Crippen LogP contribution in [0.5, 0.6) is 0 Å². The number of sulfonamides is 1. The number of nitrogens with zero attached hydrogens (tertiary/aromatic N) is 2. The highest BCUT2D eigenvalue weighted by Crippen LogP contribution is 2.14. The molecule has 1 aromatic rings. The van der Waals surface area contributed by atoms with E-state index in [4.69, 9.17) is 15.3 Å². The lowest BCUT2D eigenvalue weighted by molar-refractivity contribution is -0.143. The molecule has 0 aliphatic heterocycles. The van der Waals surface area contributed by atoms with Crippen molar-refractivity contribution < 1.29 is 47.7 Å². The molecule has 0 atom stereocenters. The molecule has 1 aromatic carbocycles. The molecule has 0 heterocycles. The van der Waals surface area contributed by atoms with Gasteiger partial charge in [-0.05, 0) is 24.3 Å². The maximum absolute atomic E-state index is 12.3. The molecule has 0 unspecified atom stereocenters. The summed E-state index contributed by atoms with van der Waals surface area (Å²) in [6.07, 6.45) is 0. The number of benzene rings is 1. The van der Waals surface area contributed by atoms with Crippen LogP contribution in [-0.2, 0) is 34.0 Å². The van der Waals surface area contributed by atoms with E-state index in [2.05, 4.69) is 5.32 Å². The molecule has 0 saturated carbocycles. The molecule has 2 amide bonds. The summed E-state index contributed by atoms with van der Waals surface area (Å²) in [7, 11) is -4.04. The minimum Gasteiger partial charge on any atom is -0.480 e. The number of amides is 2. The zero-order valence-electron chi connectivity index (χ0n) is 17.6. The van der Waals surface area contributed by atoms with Gasteiger partial charge in [-0.1, -0.05) is 0 Å². The largest absolute Gasteiger partial charge is 0.480 e. The van der Waals surface area contributed by atoms with E-state index in [9.17, 15) is 32.4 Å². The van der Waals surface area contributed by atoms with Crippen molar-refractivity contribution in [2.24, 2.45) is 0 Å². The number of hydrogen-bond acceptors (Lipinski definition) is 9. The predicted molar refractivity (Wildman–Crippen MR) is 112 cm³/mol. The summed E-state index contributed by atoms with van der Waals surface area (Å²) < 4.78 is 25.6. The van der Waals surface area contributed by atoms with Crippen molar-refractivity contribution in [1.82, 2.24) is 14.5 Å². The molecule has 14 nitrogen and oxygen atoms in total. The van der Waals surface area contributed by atoms with Crippen LogP contribution in [0.2, 0.25) is 0 Å². The van der Waals surface area contributed by atoms with Crippen LogP contribution in [0.1, 0.15) is 6.92 Å². The number of carboxylic acid groups (broad SMARTS) is 3. The lowest BCUT2D eigenvalue weighted by Gasteiger charge is -2.24. The van der Waals surface area contributed by atoms with Crippen LogP contribution in [0.4, 0.5) is 5.69 Å². The number of nitrogens with one attached hydrogen (secondary N) is 2. The second-order valence-corrected chi connectivity index (χ2v) is 8.52. The molecule has 1 rings (SSSR count). The fraction of sp³-hybridized carbons (Fsp3) is 0.389. The molecular formula is C18H24N4O10S. The van der Waals surface area contributed by atoms with Gasteiger partial charge in [-0.3, -0.25) is 33.8 Å². The average Bonchev–Trinajstić information content (AvgIpc) is 2.64. The van der Waals surface area contributed by atoms with E-state index in [0.29, 0.717) is 0 Å². The molecule has 182 valence electrons. The summed E-state index contributed by atoms with van der Waals surface area (Å²) in [4.78, 5) is 58.2. The number of carboxylic acids is 3. The molecular weight excluding hydrogens is 464 g/mol. The van der Waals surface area contributed by atoms with Crippen LogP contribution in [0.3, 0.4) is 0 Å². The summed E-state index contributed by atoms with van der Waals surface area (Å²) in [5.41, 5.74) is 0.204. The molecule has 0 spiro atoms. The van der Waals surface area contributed by atoms with E-state index < -0.39 is 65.9 Å². The van der Waals surface area contributed by atoms with Gasteiger partial charge in [-0.25, -0.2) is 13.1 Å². The molecule has 0 aliphatic carbocycles. The first-order chi connectivity index (χ1) is 15.3. The third kappa shape index (κ3) is 11.0. The van der Waals surface area contributed by atoms with Crippen LogP contribution in [-0.4, -0.2) is 103 Å². The van der Waals surface area contributed by atoms with Crippen molar-refractivity contribution in [3.05, 3.63) is 24.3 Å². The van der Waals surface area contributed by atoms with Crippen LogP contribution in [0.15, 0.2) is 29.2 Å². The summed E-state index contributed by atoms with van der Waals surface area (Å²) >= 11 is 0. The minimum atomic E-state index is -4.04. The van der Waals surface area contributed by atoms with E-state index in [1.54, 1.807) is 4.72 Å². The van der Waals surface area contributed by atoms with Crippen molar-refractivity contribution in [2.45, 2.75) is 11.8 Å². The van der Waals surface area contributed by atoms with Gasteiger partial charge in [0.15, 0.2) is 0 Å². The fourth-order valence-electron chi connectivity index (χ4n) is 2.65. The minimum absolute atomic E-state index is 0.103. The Labute approximate surface area is 188 Å². The third-order valence-electron chi connectivity index (χ3n) is 3.90. The standard InChI is InChI=1S/C18H24N4O10S/c1-12(23)20-33(31,32)14-4-2-13(3-5-14)19-15(24)8-21(9-16(25)26)6-7-22(10-17(27)28)11-18(29)30/h2-5H,6-11H2,1H3,(H,19,24)(H,20,23)(H,25,26)(H,27,28)(H,29,30). The van der Waals surface area contributed by atoms with Gasteiger partial charge in [0.1, 0.15) is 0 Å². The van der Waals surface area contributed by atoms with E-state index in [-0.39, 0.29) is 23.7 Å². The third-order valence-corrected chi connectivity index (χ3v) is 5.35. The number of rotatable bonds is 14. The van der Waals surface area contributed by atoms with Gasteiger partial charge in [0, 0.05) is 25.7 Å². The highest BCUT2D eigenvalue weighted by atomic mass is 32.2. The average molecular weight is 488 g/mol. The topological polar surface area (TPSA) is 211 Å². The van der Waals surface area contributed by atoms with Crippen LogP contribution in [0, 0.1) is 0 Å². The van der Waals surface area contributed by atoms with Crippen LogP contribution in [0.25, 0.3) is 0 Å². The summed E-state index contributed by atoms with van der Waals surface area (Å²) in [5.74, 6) is -5.18. The summed E-state index contributed by atoms with van der Waals surface area (Å²) in [5, 5.41) is 29.2. The van der Waals surface area contributed by atoms with Gasteiger partial charge in [0.25, 0.3) is 10.0 Å². The number of aliphatic carboxylic acids is 3. The van der Waals surface area contributed by atoms with Gasteiger partial charge in [0.2, 0.25) is 11.8 Å². The summed E-state index contributed by atoms with van der Waals surface area (Å²) in [6, 6.07) is 4.86. The zero-order valence-corrected chi connectivity index (χ0v) is 18.4. The first kappa shape index (κ1) is 27.5.